The fraction of sp³-hybridized carbons (Fsp3) is 0.478. The van der Waals surface area contributed by atoms with Crippen molar-refractivity contribution in [3.63, 3.8) is 0 Å². The molecule has 1 saturated heterocycles. The minimum absolute atomic E-state index is 0.00858. The number of ether oxygens (including phenoxy) is 2. The van der Waals surface area contributed by atoms with Gasteiger partial charge in [-0.05, 0) is 59.5 Å². The number of carbonyl (C=O) groups excluding carboxylic acids is 1. The second-order valence-corrected chi connectivity index (χ2v) is 8.82. The minimum atomic E-state index is -0.677. The molecule has 2 aliphatic heterocycles. The van der Waals surface area contributed by atoms with Crippen LogP contribution in [0.1, 0.15) is 58.6 Å². The van der Waals surface area contributed by atoms with E-state index < -0.39 is 30.2 Å². The molecule has 3 rings (SSSR count). The van der Waals surface area contributed by atoms with Gasteiger partial charge in [-0.2, -0.15) is 5.26 Å². The summed E-state index contributed by atoms with van der Waals surface area (Å²) < 4.78 is 23.1. The molecule has 0 bridgehead atoms. The van der Waals surface area contributed by atoms with E-state index in [0.717, 1.165) is 16.6 Å². The Labute approximate surface area is 183 Å². The van der Waals surface area contributed by atoms with Crippen LogP contribution in [0.4, 0.5) is 0 Å². The Kier molecular flexibility index (Phi) is 5.96. The molecule has 0 saturated carbocycles. The number of nitrogens with two attached hydrogens (primary N) is 1. The molecule has 1 aromatic carbocycles. The normalized spacial score (nSPS) is 22.3. The first-order valence-electron chi connectivity index (χ1n) is 10.3. The van der Waals surface area contributed by atoms with Crippen LogP contribution in [0.15, 0.2) is 41.0 Å². The number of nitrogens with zero attached hydrogens (tertiary/aromatic N) is 1. The van der Waals surface area contributed by atoms with E-state index in [9.17, 15) is 10.1 Å². The number of carbonyl (C=O) groups is 1. The van der Waals surface area contributed by atoms with E-state index in [1.54, 1.807) is 13.8 Å². The number of hydrogen-bond acceptors (Lipinski definition) is 7. The molecule has 1 fully saturated rings. The van der Waals surface area contributed by atoms with Gasteiger partial charge in [-0.25, -0.2) is 4.79 Å². The maximum atomic E-state index is 12.7. The molecule has 0 spiro atoms. The number of allylic oxidation sites excluding steroid dienone is 2. The molecule has 1 unspecified atom stereocenters. The van der Waals surface area contributed by atoms with Crippen LogP contribution in [0.3, 0.4) is 0 Å². The third-order valence-corrected chi connectivity index (χ3v) is 6.24. The van der Waals surface area contributed by atoms with Gasteiger partial charge in [0.15, 0.2) is 0 Å². The summed E-state index contributed by atoms with van der Waals surface area (Å²) in [6, 6.07) is 7.79. The lowest BCUT2D eigenvalue weighted by Gasteiger charge is -2.32. The molecular weight excluding hydrogens is 395 g/mol. The lowest BCUT2D eigenvalue weighted by molar-refractivity contribution is -0.139. The second kappa shape index (κ2) is 8.06. The zero-order valence-electron chi connectivity index (χ0n) is 19.2. The van der Waals surface area contributed by atoms with Gasteiger partial charge < -0.3 is 24.5 Å². The summed E-state index contributed by atoms with van der Waals surface area (Å²) in [4.78, 5) is 12.7. The Morgan fingerprint density at radius 1 is 1.23 bits per heavy atom. The van der Waals surface area contributed by atoms with Gasteiger partial charge in [-0.3, -0.25) is 0 Å². The highest BCUT2D eigenvalue weighted by molar-refractivity contribution is 6.62. The van der Waals surface area contributed by atoms with Crippen LogP contribution in [0.2, 0.25) is 0 Å². The first-order chi connectivity index (χ1) is 14.4. The molecule has 1 atom stereocenters. The number of esters is 1. The maximum absolute atomic E-state index is 12.7. The fourth-order valence-electron chi connectivity index (χ4n) is 3.80. The Balaban J connectivity index is 2.04. The minimum Gasteiger partial charge on any atom is -0.463 e. The second-order valence-electron chi connectivity index (χ2n) is 8.82. The van der Waals surface area contributed by atoms with Gasteiger partial charge in [-0.1, -0.05) is 23.8 Å². The van der Waals surface area contributed by atoms with Crippen molar-refractivity contribution in [2.45, 2.75) is 65.6 Å². The quantitative estimate of drug-likeness (QED) is 0.586. The summed E-state index contributed by atoms with van der Waals surface area (Å²) in [5.41, 5.74) is 8.07. The van der Waals surface area contributed by atoms with Crippen LogP contribution >= 0.6 is 0 Å². The molecule has 0 aliphatic carbocycles. The topological polar surface area (TPSA) is 104 Å². The Morgan fingerprint density at radius 2 is 1.84 bits per heavy atom. The molecule has 0 amide bonds. The molecule has 2 aliphatic rings. The van der Waals surface area contributed by atoms with Crippen molar-refractivity contribution in [2.75, 3.05) is 6.61 Å². The standard InChI is InChI=1S/C23H29BN2O5/c1-8-28-21(27)18-14(3)29-20(26)16(12-25)19(18)15-9-10-17(13(2)11-15)24-30-22(4,5)23(6,7)31-24/h9-11,19H,8,26H2,1-7H3. The SMILES string of the molecule is CCOC(=O)C1=C(C)OC(N)=C(C#N)C1c1ccc(B2OC(C)(C)C(C)(C)O2)c(C)c1. The lowest BCUT2D eigenvalue weighted by Crippen LogP contribution is -2.41. The predicted octanol–water partition coefficient (Wildman–Crippen LogP) is 2.94. The fourth-order valence-corrected chi connectivity index (χ4v) is 3.80. The molecule has 31 heavy (non-hydrogen) atoms. The van der Waals surface area contributed by atoms with Crippen LogP contribution in [0.5, 0.6) is 0 Å². The number of rotatable bonds is 4. The van der Waals surface area contributed by atoms with Crippen molar-refractivity contribution in [2.24, 2.45) is 5.73 Å². The van der Waals surface area contributed by atoms with Gasteiger partial charge >= 0.3 is 13.1 Å². The van der Waals surface area contributed by atoms with Crippen molar-refractivity contribution in [1.29, 1.82) is 5.26 Å². The molecule has 7 nitrogen and oxygen atoms in total. The molecule has 8 heteroatoms. The number of hydrogen-bond donors (Lipinski definition) is 1. The zero-order valence-corrected chi connectivity index (χ0v) is 19.2. The Hall–Kier alpha value is -2.76. The summed E-state index contributed by atoms with van der Waals surface area (Å²) in [7, 11) is -0.508. The summed E-state index contributed by atoms with van der Waals surface area (Å²) >= 11 is 0. The molecule has 0 radical (unpaired) electrons. The van der Waals surface area contributed by atoms with Crippen LogP contribution in [0, 0.1) is 18.3 Å². The van der Waals surface area contributed by atoms with Gasteiger partial charge in [0.1, 0.15) is 17.4 Å². The Bertz CT molecular complexity index is 1000. The third-order valence-electron chi connectivity index (χ3n) is 6.24. The van der Waals surface area contributed by atoms with Crippen molar-refractivity contribution < 1.29 is 23.6 Å². The van der Waals surface area contributed by atoms with Crippen LogP contribution in [-0.2, 0) is 23.6 Å². The number of nitriles is 1. The highest BCUT2D eigenvalue weighted by Gasteiger charge is 2.52. The number of aryl methyl sites for hydroxylation is 1. The van der Waals surface area contributed by atoms with E-state index in [0.29, 0.717) is 5.76 Å². The molecule has 2 heterocycles. The summed E-state index contributed by atoms with van der Waals surface area (Å²) in [5.74, 6) is -0.889. The van der Waals surface area contributed by atoms with E-state index in [1.165, 1.54) is 0 Å². The van der Waals surface area contributed by atoms with Gasteiger partial charge in [0.2, 0.25) is 5.88 Å². The van der Waals surface area contributed by atoms with E-state index >= 15 is 0 Å². The molecule has 2 N–H and O–H groups in total. The largest absolute Gasteiger partial charge is 0.495 e. The average molecular weight is 424 g/mol. The monoisotopic (exact) mass is 424 g/mol. The number of benzene rings is 1. The van der Waals surface area contributed by atoms with Gasteiger partial charge in [0, 0.05) is 0 Å². The van der Waals surface area contributed by atoms with E-state index in [-0.39, 0.29) is 23.6 Å². The third kappa shape index (κ3) is 3.96. The Morgan fingerprint density at radius 3 is 2.35 bits per heavy atom. The molecule has 164 valence electrons. The highest BCUT2D eigenvalue weighted by atomic mass is 16.7. The lowest BCUT2D eigenvalue weighted by atomic mass is 9.74. The van der Waals surface area contributed by atoms with Crippen LogP contribution in [0.25, 0.3) is 0 Å². The van der Waals surface area contributed by atoms with Crippen LogP contribution < -0.4 is 11.2 Å². The average Bonchev–Trinajstić information content (AvgIpc) is 2.88. The van der Waals surface area contributed by atoms with Crippen molar-refractivity contribution >= 4 is 18.6 Å². The molecular formula is C23H29BN2O5. The smallest absolute Gasteiger partial charge is 0.463 e. The van der Waals surface area contributed by atoms with E-state index in [4.69, 9.17) is 24.5 Å². The summed E-state index contributed by atoms with van der Waals surface area (Å²) in [6.45, 7) is 13.5. The summed E-state index contributed by atoms with van der Waals surface area (Å²) in [6.07, 6.45) is 0. The maximum Gasteiger partial charge on any atom is 0.495 e. The summed E-state index contributed by atoms with van der Waals surface area (Å²) in [5, 5.41) is 9.74. The van der Waals surface area contributed by atoms with Gasteiger partial charge in [0.25, 0.3) is 0 Å². The molecule has 1 aromatic rings. The zero-order chi connectivity index (χ0) is 23.1. The van der Waals surface area contributed by atoms with Crippen molar-refractivity contribution in [1.82, 2.24) is 0 Å². The first-order valence-corrected chi connectivity index (χ1v) is 10.3. The highest BCUT2D eigenvalue weighted by Crippen LogP contribution is 2.40. The predicted molar refractivity (Wildman–Crippen MR) is 117 cm³/mol. The van der Waals surface area contributed by atoms with E-state index in [2.05, 4.69) is 6.07 Å². The molecule has 0 aromatic heterocycles. The van der Waals surface area contributed by atoms with E-state index in [1.807, 2.05) is 52.8 Å². The van der Waals surface area contributed by atoms with Gasteiger partial charge in [-0.15, -0.1) is 0 Å². The first kappa shape index (κ1) is 22.9. The van der Waals surface area contributed by atoms with Crippen LogP contribution in [-0.4, -0.2) is 30.9 Å². The van der Waals surface area contributed by atoms with Crippen molar-refractivity contribution in [3.05, 3.63) is 52.1 Å². The van der Waals surface area contributed by atoms with Gasteiger partial charge in [0.05, 0.1) is 29.3 Å². The van der Waals surface area contributed by atoms with Crippen molar-refractivity contribution in [3.8, 4) is 6.07 Å².